The van der Waals surface area contributed by atoms with Crippen LogP contribution in [0.5, 0.6) is 0 Å². The van der Waals surface area contributed by atoms with E-state index in [0.29, 0.717) is 24.0 Å². The van der Waals surface area contributed by atoms with Gasteiger partial charge in [0.2, 0.25) is 0 Å². The Bertz CT molecular complexity index is 1370. The van der Waals surface area contributed by atoms with E-state index in [9.17, 15) is 13.2 Å². The van der Waals surface area contributed by atoms with Crippen LogP contribution in [0, 0.1) is 29.3 Å². The predicted molar refractivity (Wildman–Crippen MR) is 131 cm³/mol. The number of rotatable bonds is 6. The Kier molecular flexibility index (Phi) is 7.44. The average molecular weight is 456 g/mol. The maximum Gasteiger partial charge on any atom is 0.142 e. The number of pyridine rings is 1. The first-order valence-corrected chi connectivity index (χ1v) is 11.3. The van der Waals surface area contributed by atoms with E-state index in [1.807, 2.05) is 25.3 Å². The summed E-state index contributed by atoms with van der Waals surface area (Å²) >= 11 is 0. The number of nitrogens with zero attached hydrogens (tertiary/aromatic N) is 1. The monoisotopic (exact) mass is 455 g/mol. The summed E-state index contributed by atoms with van der Waals surface area (Å²) < 4.78 is 42.6. The van der Waals surface area contributed by atoms with Gasteiger partial charge in [-0.1, -0.05) is 42.2 Å². The minimum Gasteiger partial charge on any atom is -0.261 e. The van der Waals surface area contributed by atoms with Gasteiger partial charge in [-0.05, 0) is 97.0 Å². The summed E-state index contributed by atoms with van der Waals surface area (Å²) in [4.78, 5) is 4.47. The summed E-state index contributed by atoms with van der Waals surface area (Å²) in [7, 11) is 0. The van der Waals surface area contributed by atoms with Gasteiger partial charge in [0, 0.05) is 17.5 Å². The Balaban J connectivity index is 1.44. The predicted octanol–water partition coefficient (Wildman–Crippen LogP) is 7.35. The molecule has 0 saturated heterocycles. The van der Waals surface area contributed by atoms with Crippen LogP contribution >= 0.6 is 0 Å². The highest BCUT2D eigenvalue weighted by Gasteiger charge is 2.10. The second-order valence-electron chi connectivity index (χ2n) is 8.16. The quantitative estimate of drug-likeness (QED) is 0.219. The first-order valence-electron chi connectivity index (χ1n) is 11.3. The van der Waals surface area contributed by atoms with Crippen LogP contribution in [0.4, 0.5) is 13.2 Å². The van der Waals surface area contributed by atoms with Crippen LogP contribution < -0.4 is 0 Å². The average Bonchev–Trinajstić information content (AvgIpc) is 2.83. The van der Waals surface area contributed by atoms with Crippen LogP contribution in [0.1, 0.15) is 41.3 Å². The van der Waals surface area contributed by atoms with Gasteiger partial charge in [0.15, 0.2) is 0 Å². The van der Waals surface area contributed by atoms with Gasteiger partial charge in [0.05, 0.1) is 5.56 Å². The summed E-state index contributed by atoms with van der Waals surface area (Å²) in [6.07, 6.45) is 9.01. The standard InChI is InChI=1S/C30H24F3N/c1-2-3-4-5-22-7-13-27(34-20-22)14-8-23-17-29(32)28(30(33)18-23)15-9-21-6-10-25-19-26(31)12-11-24(25)16-21/h2-3,6-7,10-13,16-20H,4-5,8,14H2,1H3/b3-2+. The molecule has 0 spiro atoms. The zero-order chi connectivity index (χ0) is 23.9. The molecule has 0 bridgehead atoms. The summed E-state index contributed by atoms with van der Waals surface area (Å²) in [6.45, 7) is 2.00. The van der Waals surface area contributed by atoms with Gasteiger partial charge < -0.3 is 0 Å². The molecule has 1 heterocycles. The highest BCUT2D eigenvalue weighted by atomic mass is 19.1. The molecule has 0 fully saturated rings. The van der Waals surface area contributed by atoms with Crippen molar-refractivity contribution < 1.29 is 13.2 Å². The number of fused-ring (bicyclic) bond motifs is 1. The van der Waals surface area contributed by atoms with Gasteiger partial charge in [0.1, 0.15) is 17.5 Å². The van der Waals surface area contributed by atoms with Crippen LogP contribution in [0.3, 0.4) is 0 Å². The van der Waals surface area contributed by atoms with E-state index in [2.05, 4.69) is 29.0 Å². The van der Waals surface area contributed by atoms with Crippen LogP contribution in [-0.4, -0.2) is 4.98 Å². The number of aromatic nitrogens is 1. The van der Waals surface area contributed by atoms with E-state index in [1.165, 1.54) is 29.8 Å². The molecule has 0 saturated carbocycles. The molecule has 0 amide bonds. The van der Waals surface area contributed by atoms with E-state index in [0.717, 1.165) is 29.3 Å². The van der Waals surface area contributed by atoms with Crippen molar-refractivity contribution in [3.05, 3.63) is 124 Å². The van der Waals surface area contributed by atoms with Gasteiger partial charge in [-0.3, -0.25) is 4.98 Å². The van der Waals surface area contributed by atoms with Crippen molar-refractivity contribution in [1.82, 2.24) is 4.98 Å². The fraction of sp³-hybridized carbons (Fsp3) is 0.167. The SMILES string of the molecule is C/C=C/CCc1ccc(CCc2cc(F)c(C#Cc3ccc4cc(F)ccc4c3)c(F)c2)nc1. The Hall–Kier alpha value is -3.84. The molecule has 4 aromatic rings. The Labute approximate surface area is 198 Å². The fourth-order valence-electron chi connectivity index (χ4n) is 3.76. The molecule has 0 atom stereocenters. The lowest BCUT2D eigenvalue weighted by atomic mass is 10.0. The third kappa shape index (κ3) is 5.94. The molecule has 4 rings (SSSR count). The Morgan fingerprint density at radius 1 is 0.765 bits per heavy atom. The lowest BCUT2D eigenvalue weighted by molar-refractivity contribution is 0.573. The third-order valence-corrected chi connectivity index (χ3v) is 5.63. The number of aryl methyl sites for hydroxylation is 3. The summed E-state index contributed by atoms with van der Waals surface area (Å²) in [5.41, 5.74) is 2.96. The Morgan fingerprint density at radius 3 is 2.26 bits per heavy atom. The third-order valence-electron chi connectivity index (χ3n) is 5.63. The van der Waals surface area contributed by atoms with Crippen molar-refractivity contribution in [2.75, 3.05) is 0 Å². The number of benzene rings is 3. The highest BCUT2D eigenvalue weighted by Crippen LogP contribution is 2.19. The first kappa shape index (κ1) is 23.3. The lowest BCUT2D eigenvalue weighted by Gasteiger charge is -2.06. The van der Waals surface area contributed by atoms with Crippen LogP contribution in [0.15, 0.2) is 79.0 Å². The van der Waals surface area contributed by atoms with Gasteiger partial charge in [-0.25, -0.2) is 13.2 Å². The molecule has 3 aromatic carbocycles. The Morgan fingerprint density at radius 2 is 1.53 bits per heavy atom. The van der Waals surface area contributed by atoms with Crippen molar-refractivity contribution >= 4 is 10.8 Å². The second-order valence-corrected chi connectivity index (χ2v) is 8.16. The number of halogens is 3. The summed E-state index contributed by atoms with van der Waals surface area (Å²) in [5, 5.41) is 1.55. The molecule has 0 unspecified atom stereocenters. The van der Waals surface area contributed by atoms with Crippen molar-refractivity contribution in [2.45, 2.75) is 32.6 Å². The zero-order valence-corrected chi connectivity index (χ0v) is 18.9. The van der Waals surface area contributed by atoms with E-state index in [-0.39, 0.29) is 11.4 Å². The van der Waals surface area contributed by atoms with Gasteiger partial charge in [-0.2, -0.15) is 0 Å². The topological polar surface area (TPSA) is 12.9 Å². The number of hydrogen-bond acceptors (Lipinski definition) is 1. The zero-order valence-electron chi connectivity index (χ0n) is 18.9. The highest BCUT2D eigenvalue weighted by molar-refractivity contribution is 5.84. The smallest absolute Gasteiger partial charge is 0.142 e. The molecule has 1 nitrogen and oxygen atoms in total. The van der Waals surface area contributed by atoms with Crippen molar-refractivity contribution in [1.29, 1.82) is 0 Å². The van der Waals surface area contributed by atoms with Gasteiger partial charge in [-0.15, -0.1) is 0 Å². The lowest BCUT2D eigenvalue weighted by Crippen LogP contribution is -1.99. The summed E-state index contributed by atoms with van der Waals surface area (Å²) in [6, 6.07) is 16.3. The number of hydrogen-bond donors (Lipinski definition) is 0. The van der Waals surface area contributed by atoms with Crippen LogP contribution in [0.25, 0.3) is 10.8 Å². The molecule has 0 radical (unpaired) electrons. The molecular formula is C30H24F3N. The maximum absolute atomic E-state index is 14.6. The molecule has 0 aliphatic heterocycles. The fourth-order valence-corrected chi connectivity index (χ4v) is 3.76. The van der Waals surface area contributed by atoms with E-state index in [1.54, 1.807) is 24.3 Å². The van der Waals surface area contributed by atoms with Crippen molar-refractivity contribution in [3.8, 4) is 11.8 Å². The molecular weight excluding hydrogens is 431 g/mol. The van der Waals surface area contributed by atoms with Gasteiger partial charge in [0.25, 0.3) is 0 Å². The van der Waals surface area contributed by atoms with Crippen LogP contribution in [-0.2, 0) is 19.3 Å². The second kappa shape index (κ2) is 10.9. The molecule has 0 aliphatic carbocycles. The molecule has 34 heavy (non-hydrogen) atoms. The molecule has 0 aliphatic rings. The van der Waals surface area contributed by atoms with Gasteiger partial charge >= 0.3 is 0 Å². The van der Waals surface area contributed by atoms with Crippen LogP contribution in [0.2, 0.25) is 0 Å². The van der Waals surface area contributed by atoms with E-state index in [4.69, 9.17) is 0 Å². The number of allylic oxidation sites excluding steroid dienone is 2. The molecule has 1 aromatic heterocycles. The van der Waals surface area contributed by atoms with Crippen molar-refractivity contribution in [3.63, 3.8) is 0 Å². The molecule has 4 heteroatoms. The minimum absolute atomic E-state index is 0.258. The van der Waals surface area contributed by atoms with E-state index >= 15 is 0 Å². The minimum atomic E-state index is -0.683. The van der Waals surface area contributed by atoms with Crippen molar-refractivity contribution in [2.24, 2.45) is 0 Å². The normalized spacial score (nSPS) is 11.1. The van der Waals surface area contributed by atoms with E-state index < -0.39 is 11.6 Å². The molecule has 0 N–H and O–H groups in total. The maximum atomic E-state index is 14.6. The largest absolute Gasteiger partial charge is 0.261 e. The summed E-state index contributed by atoms with van der Waals surface area (Å²) in [5.74, 6) is 3.74. The first-order chi connectivity index (χ1) is 16.5. The molecule has 170 valence electrons.